The van der Waals surface area contributed by atoms with Gasteiger partial charge in [-0.05, 0) is 37.8 Å². The van der Waals surface area contributed by atoms with Crippen molar-refractivity contribution in [2.45, 2.75) is 51.1 Å². The molecule has 0 bridgehead atoms. The van der Waals surface area contributed by atoms with E-state index in [1.807, 2.05) is 6.07 Å². The topological polar surface area (TPSA) is 40.5 Å². The number of carbonyl (C=O) groups is 1. The van der Waals surface area contributed by atoms with Gasteiger partial charge in [-0.15, -0.1) is 0 Å². The predicted molar refractivity (Wildman–Crippen MR) is 78.4 cm³/mol. The van der Waals surface area contributed by atoms with Crippen LogP contribution in [0, 0.1) is 5.41 Å². The number of likely N-dealkylation sites (tertiary alicyclic amines) is 1. The Kier molecular flexibility index (Phi) is 3.79. The third-order valence-electron chi connectivity index (χ3n) is 5.15. The van der Waals surface area contributed by atoms with E-state index in [0.717, 1.165) is 51.6 Å². The highest BCUT2D eigenvalue weighted by Crippen LogP contribution is 2.47. The Hall–Kier alpha value is -1.35. The zero-order valence-corrected chi connectivity index (χ0v) is 11.9. The third-order valence-corrected chi connectivity index (χ3v) is 5.15. The summed E-state index contributed by atoms with van der Waals surface area (Å²) in [5.74, 6) is -0.569. The third kappa shape index (κ3) is 2.35. The van der Waals surface area contributed by atoms with Crippen molar-refractivity contribution in [1.82, 2.24) is 4.90 Å². The highest BCUT2D eigenvalue weighted by Gasteiger charge is 2.51. The molecular weight excluding hydrogens is 250 g/mol. The molecule has 0 aromatic heterocycles. The normalized spacial score (nSPS) is 25.9. The summed E-state index contributed by atoms with van der Waals surface area (Å²) in [6, 6.07) is 10.6. The highest BCUT2D eigenvalue weighted by atomic mass is 16.4. The van der Waals surface area contributed by atoms with E-state index in [1.54, 1.807) is 0 Å². The van der Waals surface area contributed by atoms with Crippen molar-refractivity contribution in [3.05, 3.63) is 35.9 Å². The number of nitrogens with zero attached hydrogens (tertiary/aromatic N) is 1. The molecule has 3 nitrogen and oxygen atoms in total. The van der Waals surface area contributed by atoms with Crippen LogP contribution in [0.3, 0.4) is 0 Å². The first-order valence-electron chi connectivity index (χ1n) is 7.74. The molecule has 3 heteroatoms. The van der Waals surface area contributed by atoms with E-state index in [-0.39, 0.29) is 6.04 Å². The van der Waals surface area contributed by atoms with E-state index < -0.39 is 11.4 Å². The number of benzene rings is 1. The molecule has 1 aliphatic carbocycles. The molecule has 1 aromatic rings. The van der Waals surface area contributed by atoms with Gasteiger partial charge in [-0.1, -0.05) is 43.2 Å². The molecule has 1 unspecified atom stereocenters. The van der Waals surface area contributed by atoms with Crippen molar-refractivity contribution in [3.63, 3.8) is 0 Å². The van der Waals surface area contributed by atoms with Crippen LogP contribution in [0.25, 0.3) is 0 Å². The number of aliphatic carboxylic acids is 1. The summed E-state index contributed by atoms with van der Waals surface area (Å²) in [7, 11) is 0. The van der Waals surface area contributed by atoms with E-state index in [4.69, 9.17) is 0 Å². The van der Waals surface area contributed by atoms with Crippen molar-refractivity contribution in [3.8, 4) is 0 Å². The number of carboxylic acid groups (broad SMARTS) is 1. The molecule has 1 N–H and O–H groups in total. The molecular formula is C17H23NO2. The Balaban J connectivity index is 1.79. The lowest BCUT2D eigenvalue weighted by molar-refractivity contribution is -0.152. The van der Waals surface area contributed by atoms with Crippen LogP contribution in [0.15, 0.2) is 30.3 Å². The number of carboxylic acids is 1. The predicted octanol–water partition coefficient (Wildman–Crippen LogP) is 3.30. The second kappa shape index (κ2) is 5.57. The monoisotopic (exact) mass is 273 g/mol. The summed E-state index contributed by atoms with van der Waals surface area (Å²) in [6.45, 7) is 1.93. The van der Waals surface area contributed by atoms with Crippen LogP contribution in [-0.2, 0) is 11.3 Å². The molecule has 20 heavy (non-hydrogen) atoms. The van der Waals surface area contributed by atoms with Gasteiger partial charge in [-0.3, -0.25) is 9.69 Å². The maximum atomic E-state index is 11.9. The molecule has 1 saturated heterocycles. The number of hydrogen-bond acceptors (Lipinski definition) is 2. The number of hydrogen-bond donors (Lipinski definition) is 1. The zero-order chi connectivity index (χ0) is 14.0. The van der Waals surface area contributed by atoms with Crippen LogP contribution in [0.4, 0.5) is 0 Å². The summed E-state index contributed by atoms with van der Waals surface area (Å²) in [6.07, 6.45) is 6.03. The Bertz CT molecular complexity index is 465. The van der Waals surface area contributed by atoms with Gasteiger partial charge < -0.3 is 5.11 Å². The van der Waals surface area contributed by atoms with Crippen LogP contribution >= 0.6 is 0 Å². The highest BCUT2D eigenvalue weighted by molar-refractivity contribution is 5.76. The molecule has 2 fully saturated rings. The molecule has 2 aliphatic rings. The Labute approximate surface area is 120 Å². The van der Waals surface area contributed by atoms with Crippen LogP contribution < -0.4 is 0 Å². The fourth-order valence-electron chi connectivity index (χ4n) is 4.15. The Morgan fingerprint density at radius 2 is 1.90 bits per heavy atom. The van der Waals surface area contributed by atoms with Gasteiger partial charge in [0.15, 0.2) is 0 Å². The molecule has 1 saturated carbocycles. The maximum absolute atomic E-state index is 11.9. The number of rotatable bonds is 4. The van der Waals surface area contributed by atoms with Gasteiger partial charge in [0, 0.05) is 12.6 Å². The lowest BCUT2D eigenvalue weighted by Crippen LogP contribution is -2.47. The molecule has 1 aliphatic heterocycles. The van der Waals surface area contributed by atoms with Crippen molar-refractivity contribution in [1.29, 1.82) is 0 Å². The van der Waals surface area contributed by atoms with E-state index >= 15 is 0 Å². The maximum Gasteiger partial charge on any atom is 0.311 e. The van der Waals surface area contributed by atoms with Gasteiger partial charge in [0.25, 0.3) is 0 Å². The van der Waals surface area contributed by atoms with E-state index in [1.165, 1.54) is 5.56 Å². The fraction of sp³-hybridized carbons (Fsp3) is 0.588. The SMILES string of the molecule is O=C(O)C1(C2CCCN2Cc2ccccc2)CCCC1. The average molecular weight is 273 g/mol. The van der Waals surface area contributed by atoms with Crippen molar-refractivity contribution < 1.29 is 9.90 Å². The summed E-state index contributed by atoms with van der Waals surface area (Å²) in [4.78, 5) is 14.3. The van der Waals surface area contributed by atoms with E-state index in [9.17, 15) is 9.90 Å². The fourth-order valence-corrected chi connectivity index (χ4v) is 4.15. The lowest BCUT2D eigenvalue weighted by Gasteiger charge is -2.37. The Morgan fingerprint density at radius 1 is 1.20 bits per heavy atom. The van der Waals surface area contributed by atoms with Gasteiger partial charge >= 0.3 is 5.97 Å². The average Bonchev–Trinajstić information content (AvgIpc) is 3.09. The summed E-state index contributed by atoms with van der Waals surface area (Å²) < 4.78 is 0. The van der Waals surface area contributed by atoms with Gasteiger partial charge in [-0.2, -0.15) is 0 Å². The Morgan fingerprint density at radius 3 is 2.55 bits per heavy atom. The van der Waals surface area contributed by atoms with Crippen LogP contribution in [-0.4, -0.2) is 28.6 Å². The molecule has 3 rings (SSSR count). The quantitative estimate of drug-likeness (QED) is 0.915. The molecule has 1 aromatic carbocycles. The van der Waals surface area contributed by atoms with Gasteiger partial charge in [0.05, 0.1) is 5.41 Å². The van der Waals surface area contributed by atoms with E-state index in [0.29, 0.717) is 0 Å². The first-order valence-corrected chi connectivity index (χ1v) is 7.74. The van der Waals surface area contributed by atoms with Gasteiger partial charge in [0.2, 0.25) is 0 Å². The van der Waals surface area contributed by atoms with E-state index in [2.05, 4.69) is 29.2 Å². The van der Waals surface area contributed by atoms with Gasteiger partial charge in [0.1, 0.15) is 0 Å². The van der Waals surface area contributed by atoms with Gasteiger partial charge in [-0.25, -0.2) is 0 Å². The first kappa shape index (κ1) is 13.6. The smallest absolute Gasteiger partial charge is 0.311 e. The molecule has 1 atom stereocenters. The summed E-state index contributed by atoms with van der Waals surface area (Å²) >= 11 is 0. The molecule has 0 radical (unpaired) electrons. The largest absolute Gasteiger partial charge is 0.481 e. The van der Waals surface area contributed by atoms with Crippen molar-refractivity contribution >= 4 is 5.97 Å². The van der Waals surface area contributed by atoms with Crippen LogP contribution in [0.1, 0.15) is 44.1 Å². The minimum atomic E-state index is -0.569. The van der Waals surface area contributed by atoms with Crippen molar-refractivity contribution in [2.75, 3.05) is 6.54 Å². The standard InChI is InChI=1S/C17H23NO2/c19-16(20)17(10-4-5-11-17)15-9-6-12-18(15)13-14-7-2-1-3-8-14/h1-3,7-8,15H,4-6,9-13H2,(H,19,20). The second-order valence-electron chi connectivity index (χ2n) is 6.28. The molecule has 1 heterocycles. The molecule has 0 spiro atoms. The zero-order valence-electron chi connectivity index (χ0n) is 11.9. The molecule has 108 valence electrons. The minimum absolute atomic E-state index is 0.225. The molecule has 0 amide bonds. The minimum Gasteiger partial charge on any atom is -0.481 e. The first-order chi connectivity index (χ1) is 9.72. The second-order valence-corrected chi connectivity index (χ2v) is 6.28. The van der Waals surface area contributed by atoms with Crippen LogP contribution in [0.2, 0.25) is 0 Å². The summed E-state index contributed by atoms with van der Waals surface area (Å²) in [5, 5.41) is 9.78. The van der Waals surface area contributed by atoms with Crippen molar-refractivity contribution in [2.24, 2.45) is 5.41 Å². The summed E-state index contributed by atoms with van der Waals surface area (Å²) in [5.41, 5.74) is 0.809. The van der Waals surface area contributed by atoms with Crippen LogP contribution in [0.5, 0.6) is 0 Å². The lowest BCUT2D eigenvalue weighted by atomic mass is 9.77.